The predicted octanol–water partition coefficient (Wildman–Crippen LogP) is 5.50. The Morgan fingerprint density at radius 1 is 0.860 bits per heavy atom. The van der Waals surface area contributed by atoms with E-state index in [-0.39, 0.29) is 11.3 Å². The highest BCUT2D eigenvalue weighted by Crippen LogP contribution is 2.37. The minimum Gasteiger partial charge on any atom is -0.301 e. The molecule has 2 aromatic rings. The number of halogens is 3. The standard InChI is InChI=1S/C31H35F3N4O4S/c1-23-27(30(40)38(29(23)39)25-15-14-24(22-35)28(21-25)31(32,33)34)13-9-4-2-3-5-10-16-36-17-19-37(20-18-36)43(41,42)26-11-7-6-8-12-26/h6-8,11-12,14-15,21H,2-5,9-10,13,16-20H2,1H3. The molecule has 2 aliphatic heterocycles. The van der Waals surface area contributed by atoms with E-state index in [4.69, 9.17) is 5.26 Å². The van der Waals surface area contributed by atoms with Gasteiger partial charge in [0, 0.05) is 37.3 Å². The maximum absolute atomic E-state index is 13.4. The second-order valence-electron chi connectivity index (χ2n) is 10.8. The summed E-state index contributed by atoms with van der Waals surface area (Å²) in [5.74, 6) is -1.26. The van der Waals surface area contributed by atoms with Crippen molar-refractivity contribution < 1.29 is 31.2 Å². The SMILES string of the molecule is CC1=C(CCCCCCCCN2CCN(S(=O)(=O)c3ccccc3)CC2)C(=O)N(c2ccc(C#N)c(C(F)(F)F)c2)C1=O. The van der Waals surface area contributed by atoms with Gasteiger partial charge in [-0.15, -0.1) is 0 Å². The zero-order valence-electron chi connectivity index (χ0n) is 24.1. The first-order valence-corrected chi connectivity index (χ1v) is 15.9. The molecule has 8 nitrogen and oxygen atoms in total. The molecule has 1 fully saturated rings. The lowest BCUT2D eigenvalue weighted by Crippen LogP contribution is -2.48. The van der Waals surface area contributed by atoms with Gasteiger partial charge in [0.25, 0.3) is 11.8 Å². The quantitative estimate of drug-likeness (QED) is 0.231. The number of rotatable bonds is 12. The van der Waals surface area contributed by atoms with Crippen LogP contribution in [0.3, 0.4) is 0 Å². The smallest absolute Gasteiger partial charge is 0.301 e. The zero-order chi connectivity index (χ0) is 31.2. The number of unbranched alkanes of at least 4 members (excludes halogenated alkanes) is 5. The second kappa shape index (κ2) is 13.8. The Morgan fingerprint density at radius 2 is 1.49 bits per heavy atom. The van der Waals surface area contributed by atoms with Crippen molar-refractivity contribution in [2.45, 2.75) is 62.9 Å². The van der Waals surface area contributed by atoms with Crippen molar-refractivity contribution in [1.29, 1.82) is 5.26 Å². The molecule has 0 aromatic heterocycles. The number of imide groups is 1. The number of nitriles is 1. The summed E-state index contributed by atoms with van der Waals surface area (Å²) in [6.07, 6.45) is 1.08. The molecule has 2 heterocycles. The predicted molar refractivity (Wildman–Crippen MR) is 155 cm³/mol. The zero-order valence-corrected chi connectivity index (χ0v) is 24.9. The molecule has 0 N–H and O–H groups in total. The number of anilines is 1. The van der Waals surface area contributed by atoms with E-state index < -0.39 is 39.1 Å². The summed E-state index contributed by atoms with van der Waals surface area (Å²) >= 11 is 0. The summed E-state index contributed by atoms with van der Waals surface area (Å²) in [5.41, 5.74) is -1.40. The highest BCUT2D eigenvalue weighted by molar-refractivity contribution is 7.89. The van der Waals surface area contributed by atoms with Crippen LogP contribution in [0.2, 0.25) is 0 Å². The van der Waals surface area contributed by atoms with Gasteiger partial charge in [-0.1, -0.05) is 43.9 Å². The average molecular weight is 617 g/mol. The summed E-state index contributed by atoms with van der Waals surface area (Å²) < 4.78 is 67.3. The van der Waals surface area contributed by atoms with E-state index in [1.54, 1.807) is 34.6 Å². The summed E-state index contributed by atoms with van der Waals surface area (Å²) in [5, 5.41) is 9.01. The fourth-order valence-corrected chi connectivity index (χ4v) is 6.94. The Balaban J connectivity index is 1.15. The van der Waals surface area contributed by atoms with Crippen LogP contribution in [0, 0.1) is 11.3 Å². The van der Waals surface area contributed by atoms with Crippen LogP contribution < -0.4 is 4.90 Å². The Bertz CT molecular complexity index is 1510. The Hall–Kier alpha value is -3.53. The molecule has 0 saturated carbocycles. The third-order valence-corrected chi connectivity index (χ3v) is 9.90. The molecule has 4 rings (SSSR count). The van der Waals surface area contributed by atoms with E-state index in [9.17, 15) is 31.2 Å². The molecule has 12 heteroatoms. The van der Waals surface area contributed by atoms with E-state index in [0.29, 0.717) is 55.6 Å². The van der Waals surface area contributed by atoms with Gasteiger partial charge < -0.3 is 4.90 Å². The third kappa shape index (κ3) is 7.52. The molecule has 2 aliphatic rings. The number of sulfonamides is 1. The van der Waals surface area contributed by atoms with Gasteiger partial charge in [-0.05, 0) is 63.1 Å². The van der Waals surface area contributed by atoms with Gasteiger partial charge in [0.2, 0.25) is 10.0 Å². The van der Waals surface area contributed by atoms with E-state index in [1.807, 2.05) is 0 Å². The van der Waals surface area contributed by atoms with E-state index >= 15 is 0 Å². The molecule has 230 valence electrons. The first-order valence-electron chi connectivity index (χ1n) is 14.4. The maximum atomic E-state index is 13.4. The molecule has 1 saturated heterocycles. The Kier molecular flexibility index (Phi) is 10.4. The van der Waals surface area contributed by atoms with Crippen LogP contribution >= 0.6 is 0 Å². The van der Waals surface area contributed by atoms with Gasteiger partial charge in [0.15, 0.2) is 0 Å². The van der Waals surface area contributed by atoms with Crippen molar-refractivity contribution in [3.05, 3.63) is 70.8 Å². The van der Waals surface area contributed by atoms with Crippen LogP contribution in [0.4, 0.5) is 18.9 Å². The molecule has 2 amide bonds. The number of carbonyl (C=O) groups excluding carboxylic acids is 2. The van der Waals surface area contributed by atoms with Crippen molar-refractivity contribution in [2.24, 2.45) is 0 Å². The Labute approximate surface area is 250 Å². The summed E-state index contributed by atoms with van der Waals surface area (Å²) in [6.45, 7) is 4.76. The van der Waals surface area contributed by atoms with Crippen molar-refractivity contribution >= 4 is 27.5 Å². The molecule has 0 atom stereocenters. The molecular weight excluding hydrogens is 581 g/mol. The van der Waals surface area contributed by atoms with Crippen LogP contribution in [-0.2, 0) is 25.8 Å². The lowest BCUT2D eigenvalue weighted by atomic mass is 10.0. The van der Waals surface area contributed by atoms with Gasteiger partial charge in [-0.25, -0.2) is 13.3 Å². The van der Waals surface area contributed by atoms with E-state index in [2.05, 4.69) is 4.90 Å². The van der Waals surface area contributed by atoms with Crippen molar-refractivity contribution in [2.75, 3.05) is 37.6 Å². The Morgan fingerprint density at radius 3 is 2.12 bits per heavy atom. The minimum absolute atomic E-state index is 0.199. The number of benzene rings is 2. The summed E-state index contributed by atoms with van der Waals surface area (Å²) in [7, 11) is -3.46. The van der Waals surface area contributed by atoms with Crippen molar-refractivity contribution in [3.8, 4) is 6.07 Å². The molecular formula is C31H35F3N4O4S. The van der Waals surface area contributed by atoms with Crippen LogP contribution in [-0.4, -0.2) is 62.2 Å². The van der Waals surface area contributed by atoms with Gasteiger partial charge in [0.05, 0.1) is 27.8 Å². The number of amides is 2. The first kappa shape index (κ1) is 32.4. The monoisotopic (exact) mass is 616 g/mol. The minimum atomic E-state index is -4.79. The molecule has 2 aromatic carbocycles. The number of carbonyl (C=O) groups is 2. The summed E-state index contributed by atoms with van der Waals surface area (Å²) in [4.78, 5) is 29.1. The molecule has 0 radical (unpaired) electrons. The van der Waals surface area contributed by atoms with Gasteiger partial charge in [-0.3, -0.25) is 9.59 Å². The molecule has 0 spiro atoms. The molecule has 43 heavy (non-hydrogen) atoms. The topological polar surface area (TPSA) is 102 Å². The third-order valence-electron chi connectivity index (χ3n) is 7.99. The van der Waals surface area contributed by atoms with E-state index in [1.165, 1.54) is 19.1 Å². The number of piperazine rings is 1. The highest BCUT2D eigenvalue weighted by Gasteiger charge is 2.39. The number of alkyl halides is 3. The summed E-state index contributed by atoms with van der Waals surface area (Å²) in [6, 6.07) is 12.8. The fraction of sp³-hybridized carbons (Fsp3) is 0.452. The van der Waals surface area contributed by atoms with Gasteiger partial charge in [0.1, 0.15) is 0 Å². The normalized spacial score (nSPS) is 17.1. The lowest BCUT2D eigenvalue weighted by molar-refractivity contribution is -0.138. The van der Waals surface area contributed by atoms with Crippen molar-refractivity contribution in [3.63, 3.8) is 0 Å². The first-order chi connectivity index (χ1) is 20.4. The molecule has 0 aliphatic carbocycles. The van der Waals surface area contributed by atoms with Gasteiger partial charge >= 0.3 is 6.18 Å². The molecule has 0 bridgehead atoms. The van der Waals surface area contributed by atoms with E-state index in [0.717, 1.165) is 49.6 Å². The fourth-order valence-electron chi connectivity index (χ4n) is 5.50. The average Bonchev–Trinajstić information content (AvgIpc) is 3.21. The van der Waals surface area contributed by atoms with Crippen LogP contribution in [0.25, 0.3) is 0 Å². The maximum Gasteiger partial charge on any atom is 0.417 e. The number of hydrogen-bond donors (Lipinski definition) is 0. The second-order valence-corrected chi connectivity index (χ2v) is 12.8. The van der Waals surface area contributed by atoms with Crippen LogP contribution in [0.5, 0.6) is 0 Å². The lowest BCUT2D eigenvalue weighted by Gasteiger charge is -2.34. The van der Waals surface area contributed by atoms with Crippen LogP contribution in [0.15, 0.2) is 64.6 Å². The van der Waals surface area contributed by atoms with Gasteiger partial charge in [-0.2, -0.15) is 22.7 Å². The largest absolute Gasteiger partial charge is 0.417 e. The number of nitrogens with zero attached hydrogens (tertiary/aromatic N) is 4. The number of hydrogen-bond acceptors (Lipinski definition) is 6. The van der Waals surface area contributed by atoms with Crippen molar-refractivity contribution in [1.82, 2.24) is 9.21 Å². The van der Waals surface area contributed by atoms with Crippen LogP contribution in [0.1, 0.15) is 63.0 Å². The molecule has 0 unspecified atom stereocenters. The highest BCUT2D eigenvalue weighted by atomic mass is 32.2.